The lowest BCUT2D eigenvalue weighted by atomic mass is 9.72. The molecule has 17 nitrogen and oxygen atoms in total. The first kappa shape index (κ1) is 53.5. The quantitative estimate of drug-likeness (QED) is 0.110. The molecule has 7 aliphatic heterocycles. The van der Waals surface area contributed by atoms with Gasteiger partial charge >= 0.3 is 0 Å². The van der Waals surface area contributed by atoms with E-state index in [1.54, 1.807) is 12.1 Å². The predicted molar refractivity (Wildman–Crippen MR) is 278 cm³/mol. The molecule has 7 fully saturated rings. The zero-order chi connectivity index (χ0) is 52.8. The normalized spacial score (nSPS) is 29.5. The van der Waals surface area contributed by atoms with Crippen LogP contribution < -0.4 is 10.7 Å². The van der Waals surface area contributed by atoms with Crippen LogP contribution in [-0.2, 0) is 60.4 Å². The Morgan fingerprint density at radius 3 is 2.59 bits per heavy atom. The van der Waals surface area contributed by atoms with Crippen molar-refractivity contribution in [2.45, 2.75) is 141 Å². The highest BCUT2D eigenvalue weighted by molar-refractivity contribution is 7.10. The molecule has 2 unspecified atom stereocenters. The number of fused-ring (bicyclic) bond motifs is 5. The zero-order valence-electron chi connectivity index (χ0n) is 44.3. The first-order valence-electron chi connectivity index (χ1n) is 27.1. The lowest BCUT2D eigenvalue weighted by Gasteiger charge is -2.54. The number of methoxy groups -OCH3 is 1. The molecule has 10 heterocycles. The third-order valence-electron chi connectivity index (χ3n) is 16.3. The minimum absolute atomic E-state index is 0.00801. The van der Waals surface area contributed by atoms with Crippen LogP contribution in [0.1, 0.15) is 94.3 Å². The molecular formula is C56H71F2N7O10S. The Balaban J connectivity index is 1.06. The number of carbonyl (C=O) groups is 2. The minimum atomic E-state index is -2.86. The molecule has 2 amide bonds. The molecule has 0 radical (unpaired) electrons. The van der Waals surface area contributed by atoms with Crippen LogP contribution in [0, 0.1) is 29.1 Å². The number of alkyl halides is 2. The van der Waals surface area contributed by atoms with Gasteiger partial charge in [0.25, 0.3) is 12.3 Å². The summed E-state index contributed by atoms with van der Waals surface area (Å²) >= 11 is 1.20. The van der Waals surface area contributed by atoms with Gasteiger partial charge in [-0.05, 0) is 81.0 Å². The van der Waals surface area contributed by atoms with E-state index >= 15 is 4.79 Å². The van der Waals surface area contributed by atoms with Crippen molar-refractivity contribution < 1.29 is 56.3 Å². The van der Waals surface area contributed by atoms with Crippen LogP contribution in [0.3, 0.4) is 0 Å². The Bertz CT molecular complexity index is 2800. The van der Waals surface area contributed by atoms with Crippen LogP contribution in [0.2, 0.25) is 0 Å². The van der Waals surface area contributed by atoms with Crippen LogP contribution in [0.25, 0.3) is 33.4 Å². The van der Waals surface area contributed by atoms with E-state index in [4.69, 9.17) is 47.9 Å². The second-order valence-electron chi connectivity index (χ2n) is 22.3. The SMILES string of the molecule is CO[C@@H](C)c1ncc(C#C[C@@H](C)N2CCOCC2)cc1-c1c2c3cc(ccc3n1CCOC1CCOCC1)-c1csc(n1)[C@@H](OCC(F)F)[C@H](NC(=O)[C@H]1OC[C@@H]1C)C(=O)N1N[C@@H](C3CC1C3)C1OC1OCC(C)(C)C2. The van der Waals surface area contributed by atoms with E-state index in [1.165, 1.54) is 11.3 Å². The third kappa shape index (κ3) is 11.2. The minimum Gasteiger partial charge on any atom is -0.381 e. The van der Waals surface area contributed by atoms with Crippen LogP contribution in [-0.4, -0.2) is 165 Å². The van der Waals surface area contributed by atoms with E-state index in [1.807, 2.05) is 31.5 Å². The predicted octanol–water partition coefficient (Wildman–Crippen LogP) is 6.46. The number of nitrogens with zero attached hydrogens (tertiary/aromatic N) is 5. The van der Waals surface area contributed by atoms with Crippen molar-refractivity contribution in [1.82, 2.24) is 35.2 Å². The first-order valence-corrected chi connectivity index (χ1v) is 28.0. The number of rotatable bonds is 13. The summed E-state index contributed by atoms with van der Waals surface area (Å²) in [6, 6.07) is 6.53. The summed E-state index contributed by atoms with van der Waals surface area (Å²) in [5.74, 6) is 6.07. The van der Waals surface area contributed by atoms with Gasteiger partial charge in [-0.15, -0.1) is 11.3 Å². The maximum Gasteiger partial charge on any atom is 0.262 e. The number of hydrogen-bond acceptors (Lipinski definition) is 15. The maximum atomic E-state index is 15.1. The Morgan fingerprint density at radius 2 is 1.86 bits per heavy atom. The van der Waals surface area contributed by atoms with E-state index in [9.17, 15) is 13.6 Å². The highest BCUT2D eigenvalue weighted by Crippen LogP contribution is 2.47. The molecule has 0 spiro atoms. The van der Waals surface area contributed by atoms with Crippen LogP contribution in [0.5, 0.6) is 0 Å². The van der Waals surface area contributed by atoms with Gasteiger partial charge in [0.05, 0.1) is 74.4 Å². The van der Waals surface area contributed by atoms with Gasteiger partial charge in [-0.3, -0.25) is 24.5 Å². The van der Waals surface area contributed by atoms with Crippen molar-refractivity contribution in [3.05, 3.63) is 57.7 Å². The van der Waals surface area contributed by atoms with Crippen molar-refractivity contribution in [1.29, 1.82) is 0 Å². The van der Waals surface area contributed by atoms with Gasteiger partial charge in [0.1, 0.15) is 36.0 Å². The molecule has 6 saturated heterocycles. The highest BCUT2D eigenvalue weighted by Gasteiger charge is 2.58. The Morgan fingerprint density at radius 1 is 1.07 bits per heavy atom. The Hall–Kier alpha value is -4.50. The van der Waals surface area contributed by atoms with Gasteiger partial charge in [0, 0.05) is 91.1 Å². The Labute approximate surface area is 446 Å². The number of benzene rings is 1. The number of morpholine rings is 1. The average Bonchev–Trinajstić information content (AvgIpc) is 3.97. The van der Waals surface area contributed by atoms with Crippen LogP contribution in [0.4, 0.5) is 8.78 Å². The van der Waals surface area contributed by atoms with E-state index in [0.717, 1.165) is 70.5 Å². The molecule has 1 saturated carbocycles. The number of nitrogens with one attached hydrogen (secondary N) is 2. The fourth-order valence-electron chi connectivity index (χ4n) is 11.7. The fourth-order valence-corrected chi connectivity index (χ4v) is 12.6. The van der Waals surface area contributed by atoms with Gasteiger partial charge in [-0.1, -0.05) is 38.7 Å². The number of hydrazine groups is 1. The third-order valence-corrected chi connectivity index (χ3v) is 17.2. The topological polar surface area (TPSA) is 173 Å². The molecule has 9 atom stereocenters. The summed E-state index contributed by atoms with van der Waals surface area (Å²) in [4.78, 5) is 41.5. The molecule has 8 bridgehead atoms. The average molecular weight is 1070 g/mol. The molecule has 2 N–H and O–H groups in total. The monoisotopic (exact) mass is 1070 g/mol. The first-order chi connectivity index (χ1) is 36.7. The number of amides is 2. The standard InChI is InChI=1S/C56H71F2N7O10S/c1-31-27-72-49(31)52(66)61-47-50(73-28-44(57)58)53-60-42(29-76-53)35-9-10-43-39(24-35)41(25-56(4,5)30-74-55-51(75-55)46-36-22-37(23-36)65(62-46)54(47)67)48(64(43)15-20-71-38-11-16-69-17-12-38)40-21-34(26-59-45(40)33(3)68-6)8-7-32(2)63-13-18-70-19-14-63/h9-10,21,24,26,29,31-33,36-38,44,46-47,49-51,55,62H,11-20,22-23,25,27-28,30H2,1-6H3,(H,61,66)/t31-,32+,33-,36?,37?,46-,47-,49-,50-,51?,55?/m0/s1. The van der Waals surface area contributed by atoms with Crippen LogP contribution in [0.15, 0.2) is 35.8 Å². The van der Waals surface area contributed by atoms with Gasteiger partial charge in [-0.25, -0.2) is 19.2 Å². The summed E-state index contributed by atoms with van der Waals surface area (Å²) in [6.07, 6.45) is -0.730. The summed E-state index contributed by atoms with van der Waals surface area (Å²) in [5, 5.41) is 7.55. The number of aromatic nitrogens is 3. The second kappa shape index (κ2) is 22.7. The number of carbonyl (C=O) groups excluding carboxylic acids is 2. The lowest BCUT2D eigenvalue weighted by Crippen LogP contribution is -2.71. The summed E-state index contributed by atoms with van der Waals surface area (Å²) < 4.78 is 79.4. The number of pyridine rings is 1. The summed E-state index contributed by atoms with van der Waals surface area (Å²) in [7, 11) is 1.69. The molecule has 20 heteroatoms. The lowest BCUT2D eigenvalue weighted by molar-refractivity contribution is -0.169. The number of halogens is 2. The van der Waals surface area contributed by atoms with Crippen molar-refractivity contribution in [3.63, 3.8) is 0 Å². The van der Waals surface area contributed by atoms with Crippen LogP contribution >= 0.6 is 11.3 Å². The van der Waals surface area contributed by atoms with Crippen molar-refractivity contribution >= 4 is 34.1 Å². The van der Waals surface area contributed by atoms with Crippen molar-refractivity contribution in [3.8, 4) is 34.4 Å². The number of hydrogen-bond donors (Lipinski definition) is 2. The second-order valence-corrected chi connectivity index (χ2v) is 23.2. The van der Waals surface area contributed by atoms with Crippen molar-refractivity contribution in [2.75, 3.05) is 73.1 Å². The van der Waals surface area contributed by atoms with E-state index in [-0.39, 0.29) is 53.3 Å². The van der Waals surface area contributed by atoms with Crippen molar-refractivity contribution in [2.24, 2.45) is 17.3 Å². The molecule has 1 aliphatic carbocycles. The Kier molecular flexibility index (Phi) is 16.0. The maximum absolute atomic E-state index is 15.1. The van der Waals surface area contributed by atoms with E-state index < -0.39 is 54.8 Å². The molecule has 1 aromatic carbocycles. The number of epoxide rings is 1. The highest BCUT2D eigenvalue weighted by atomic mass is 32.1. The molecule has 3 aromatic heterocycles. The number of thiazole rings is 1. The smallest absolute Gasteiger partial charge is 0.262 e. The number of ether oxygens (including phenoxy) is 8. The largest absolute Gasteiger partial charge is 0.381 e. The summed E-state index contributed by atoms with van der Waals surface area (Å²) in [5.41, 5.74) is 9.72. The van der Waals surface area contributed by atoms with E-state index in [0.29, 0.717) is 77.7 Å². The van der Waals surface area contributed by atoms with Gasteiger partial charge < -0.3 is 47.8 Å². The fraction of sp³-hybridized carbons (Fsp3) is 0.643. The molecule has 4 aromatic rings. The van der Waals surface area contributed by atoms with E-state index in [2.05, 4.69) is 71.0 Å². The van der Waals surface area contributed by atoms with Gasteiger partial charge in [0.15, 0.2) is 6.29 Å². The van der Waals surface area contributed by atoms with Gasteiger partial charge in [0.2, 0.25) is 5.91 Å². The van der Waals surface area contributed by atoms with Gasteiger partial charge in [-0.2, -0.15) is 0 Å². The molecule has 12 rings (SSSR count). The molecule has 8 aliphatic rings. The molecular weight excluding hydrogens is 1000 g/mol. The zero-order valence-corrected chi connectivity index (χ0v) is 45.1. The summed E-state index contributed by atoms with van der Waals surface area (Å²) in [6.45, 7) is 15.5. The molecule has 76 heavy (non-hydrogen) atoms. The molecule has 410 valence electrons.